The van der Waals surface area contributed by atoms with Crippen LogP contribution in [0.2, 0.25) is 0 Å². The minimum Gasteiger partial charge on any atom is -0.370 e. The fourth-order valence-electron chi connectivity index (χ4n) is 1.67. The Labute approximate surface area is 113 Å². The summed E-state index contributed by atoms with van der Waals surface area (Å²) in [5.41, 5.74) is 7.87. The number of amides is 1. The van der Waals surface area contributed by atoms with Gasteiger partial charge in [-0.05, 0) is 31.9 Å². The molecule has 0 spiro atoms. The third kappa shape index (κ3) is 4.62. The molecule has 1 aromatic carbocycles. The van der Waals surface area contributed by atoms with Crippen LogP contribution in [0.15, 0.2) is 29.3 Å². The summed E-state index contributed by atoms with van der Waals surface area (Å²) in [6.45, 7) is 3.05. The number of hydrogen-bond donors (Lipinski definition) is 3. The number of nitrogens with two attached hydrogens (primary N) is 1. The van der Waals surface area contributed by atoms with E-state index in [9.17, 15) is 4.79 Å². The van der Waals surface area contributed by atoms with Gasteiger partial charge in [-0.15, -0.1) is 0 Å². The zero-order valence-electron chi connectivity index (χ0n) is 11.1. The fraction of sp³-hybridized carbons (Fsp3) is 0.429. The number of carbonyl (C=O) groups excluding carboxylic acids is 1. The molecule has 0 aliphatic heterocycles. The van der Waals surface area contributed by atoms with Crippen molar-refractivity contribution >= 4 is 17.6 Å². The average molecular weight is 260 g/mol. The van der Waals surface area contributed by atoms with E-state index in [0.717, 1.165) is 18.5 Å². The highest BCUT2D eigenvalue weighted by atomic mass is 16.2. The number of rotatable bonds is 5. The van der Waals surface area contributed by atoms with E-state index < -0.39 is 0 Å². The van der Waals surface area contributed by atoms with Crippen LogP contribution in [0.5, 0.6) is 0 Å². The van der Waals surface area contributed by atoms with Crippen molar-refractivity contribution < 1.29 is 4.79 Å². The van der Waals surface area contributed by atoms with Crippen LogP contribution in [0.25, 0.3) is 0 Å². The van der Waals surface area contributed by atoms with Gasteiger partial charge in [0.15, 0.2) is 5.96 Å². The monoisotopic (exact) mass is 260 g/mol. The molecule has 19 heavy (non-hydrogen) atoms. The average Bonchev–Trinajstić information content (AvgIpc) is 3.21. The molecule has 102 valence electrons. The number of carbonyl (C=O) groups is 1. The van der Waals surface area contributed by atoms with Crippen LogP contribution in [-0.2, 0) is 4.79 Å². The van der Waals surface area contributed by atoms with E-state index in [4.69, 9.17) is 5.73 Å². The Morgan fingerprint density at radius 2 is 2.05 bits per heavy atom. The molecule has 1 aromatic rings. The molecule has 5 heteroatoms. The molecule has 0 unspecified atom stereocenters. The number of guanidine groups is 1. The van der Waals surface area contributed by atoms with Crippen LogP contribution in [-0.4, -0.2) is 25.0 Å². The summed E-state index contributed by atoms with van der Waals surface area (Å²) < 4.78 is 0. The summed E-state index contributed by atoms with van der Waals surface area (Å²) in [5.74, 6) is 0.747. The van der Waals surface area contributed by atoms with Gasteiger partial charge in [0, 0.05) is 18.2 Å². The predicted molar refractivity (Wildman–Crippen MR) is 77.0 cm³/mol. The van der Waals surface area contributed by atoms with Crippen molar-refractivity contribution in [2.75, 3.05) is 18.4 Å². The summed E-state index contributed by atoms with van der Waals surface area (Å²) in [6, 6.07) is 7.91. The van der Waals surface area contributed by atoms with E-state index in [2.05, 4.69) is 15.6 Å². The molecule has 1 saturated carbocycles. The lowest BCUT2D eigenvalue weighted by Crippen LogP contribution is -2.29. The second kappa shape index (κ2) is 6.22. The third-order valence-electron chi connectivity index (χ3n) is 2.97. The van der Waals surface area contributed by atoms with Crippen molar-refractivity contribution in [1.82, 2.24) is 5.32 Å². The number of anilines is 1. The van der Waals surface area contributed by atoms with Crippen LogP contribution in [0, 0.1) is 12.8 Å². The molecule has 4 N–H and O–H groups in total. The zero-order chi connectivity index (χ0) is 13.7. The number of benzene rings is 1. The van der Waals surface area contributed by atoms with Gasteiger partial charge in [0.25, 0.3) is 0 Å². The van der Waals surface area contributed by atoms with Crippen molar-refractivity contribution in [3.05, 3.63) is 29.8 Å². The van der Waals surface area contributed by atoms with Crippen LogP contribution in [0.4, 0.5) is 5.69 Å². The summed E-state index contributed by atoms with van der Waals surface area (Å²) in [6.07, 6.45) is 2.04. The molecule has 0 heterocycles. The quantitative estimate of drug-likeness (QED) is 0.423. The van der Waals surface area contributed by atoms with Crippen molar-refractivity contribution in [3.63, 3.8) is 0 Å². The first-order valence-electron chi connectivity index (χ1n) is 6.56. The van der Waals surface area contributed by atoms with E-state index >= 15 is 0 Å². The molecule has 1 aliphatic rings. The molecule has 5 nitrogen and oxygen atoms in total. The highest BCUT2D eigenvalue weighted by Gasteiger charge is 2.28. The Hall–Kier alpha value is -2.04. The molecular formula is C14H20N4O. The number of hydrogen-bond acceptors (Lipinski definition) is 2. The smallest absolute Gasteiger partial charge is 0.223 e. The molecule has 0 aromatic heterocycles. The largest absolute Gasteiger partial charge is 0.370 e. The summed E-state index contributed by atoms with van der Waals surface area (Å²) in [5, 5.41) is 5.85. The zero-order valence-corrected chi connectivity index (χ0v) is 11.1. The van der Waals surface area contributed by atoms with Gasteiger partial charge in [-0.1, -0.05) is 17.7 Å². The molecule has 0 bridgehead atoms. The molecule has 2 rings (SSSR count). The standard InChI is InChI=1S/C14H20N4O/c1-10-2-6-12(7-3-10)18-14(15)17-9-8-16-13(19)11-4-5-11/h2-3,6-7,11H,4-5,8-9H2,1H3,(H,16,19)(H3,15,17,18). The number of nitrogens with zero attached hydrogens (tertiary/aromatic N) is 1. The Morgan fingerprint density at radius 1 is 1.37 bits per heavy atom. The Bertz CT molecular complexity index is 463. The number of aliphatic imine (C=N–C) groups is 1. The van der Waals surface area contributed by atoms with E-state index in [-0.39, 0.29) is 11.8 Å². The molecule has 0 radical (unpaired) electrons. The van der Waals surface area contributed by atoms with Crippen molar-refractivity contribution in [2.24, 2.45) is 16.6 Å². The predicted octanol–water partition coefficient (Wildman–Crippen LogP) is 1.25. The van der Waals surface area contributed by atoms with Crippen LogP contribution in [0.3, 0.4) is 0 Å². The first-order chi connectivity index (χ1) is 9.15. The van der Waals surface area contributed by atoms with Gasteiger partial charge in [0.1, 0.15) is 0 Å². The van der Waals surface area contributed by atoms with Crippen LogP contribution < -0.4 is 16.4 Å². The van der Waals surface area contributed by atoms with Crippen LogP contribution in [0.1, 0.15) is 18.4 Å². The molecule has 1 fully saturated rings. The number of aryl methyl sites for hydroxylation is 1. The van der Waals surface area contributed by atoms with E-state index in [1.807, 2.05) is 31.2 Å². The lowest BCUT2D eigenvalue weighted by molar-refractivity contribution is -0.122. The molecule has 0 atom stereocenters. The van der Waals surface area contributed by atoms with Crippen molar-refractivity contribution in [3.8, 4) is 0 Å². The van der Waals surface area contributed by atoms with E-state index in [1.165, 1.54) is 5.56 Å². The topological polar surface area (TPSA) is 79.5 Å². The highest BCUT2D eigenvalue weighted by Crippen LogP contribution is 2.28. The van der Waals surface area contributed by atoms with Crippen molar-refractivity contribution in [2.45, 2.75) is 19.8 Å². The summed E-state index contributed by atoms with van der Waals surface area (Å²) in [7, 11) is 0. The third-order valence-corrected chi connectivity index (χ3v) is 2.97. The first-order valence-corrected chi connectivity index (χ1v) is 6.56. The number of nitrogens with one attached hydrogen (secondary N) is 2. The van der Waals surface area contributed by atoms with Gasteiger partial charge in [0.05, 0.1) is 6.54 Å². The maximum Gasteiger partial charge on any atom is 0.223 e. The maximum atomic E-state index is 11.4. The van der Waals surface area contributed by atoms with E-state index in [1.54, 1.807) is 0 Å². The second-order valence-corrected chi connectivity index (χ2v) is 4.82. The molecule has 0 saturated heterocycles. The normalized spacial score (nSPS) is 15.1. The molecule has 1 amide bonds. The van der Waals surface area contributed by atoms with Gasteiger partial charge in [-0.2, -0.15) is 0 Å². The lowest BCUT2D eigenvalue weighted by atomic mass is 10.2. The molecule has 1 aliphatic carbocycles. The van der Waals surface area contributed by atoms with Gasteiger partial charge in [-0.25, -0.2) is 0 Å². The first kappa shape index (κ1) is 13.4. The maximum absolute atomic E-state index is 11.4. The van der Waals surface area contributed by atoms with Gasteiger partial charge in [0.2, 0.25) is 5.91 Å². The Morgan fingerprint density at radius 3 is 2.68 bits per heavy atom. The van der Waals surface area contributed by atoms with Gasteiger partial charge in [-0.3, -0.25) is 9.79 Å². The molecular weight excluding hydrogens is 240 g/mol. The Kier molecular flexibility index (Phi) is 4.39. The fourth-order valence-corrected chi connectivity index (χ4v) is 1.67. The second-order valence-electron chi connectivity index (χ2n) is 4.82. The Balaban J connectivity index is 1.69. The summed E-state index contributed by atoms with van der Waals surface area (Å²) >= 11 is 0. The van der Waals surface area contributed by atoms with Gasteiger partial charge >= 0.3 is 0 Å². The SMILES string of the molecule is Cc1ccc(NC(N)=NCCNC(=O)C2CC2)cc1. The highest BCUT2D eigenvalue weighted by molar-refractivity contribution is 5.92. The lowest BCUT2D eigenvalue weighted by Gasteiger charge is -2.06. The van der Waals surface area contributed by atoms with E-state index in [0.29, 0.717) is 19.0 Å². The van der Waals surface area contributed by atoms with Crippen LogP contribution >= 0.6 is 0 Å². The van der Waals surface area contributed by atoms with Crippen molar-refractivity contribution in [1.29, 1.82) is 0 Å². The summed E-state index contributed by atoms with van der Waals surface area (Å²) in [4.78, 5) is 15.5. The minimum absolute atomic E-state index is 0.139. The minimum atomic E-state index is 0.139. The van der Waals surface area contributed by atoms with Gasteiger partial charge < -0.3 is 16.4 Å².